The van der Waals surface area contributed by atoms with Crippen LogP contribution in [0.15, 0.2) is 23.3 Å². The van der Waals surface area contributed by atoms with E-state index in [0.717, 1.165) is 38.5 Å². The number of esters is 2. The molecule has 0 aliphatic heterocycles. The van der Waals surface area contributed by atoms with Crippen molar-refractivity contribution in [2.45, 2.75) is 139 Å². The standard InChI is InChI=1S/C37H58O6/c1-11-22(2)31(41)43-29-19-32(4,5)18-25-24-12-13-27-34(8)16-15-28(40)33(6,7)26(34)14-17-35(27,9)36(24,10)20-30(42-23(3)39)37(25,29)21-38/h11-12,25-30,38,40H,13-21H2,1-10H3/b22-11-/t25-,26-,27+,28?,29?,30?,34-,35+,36+,37+/m0/s1. The summed E-state index contributed by atoms with van der Waals surface area (Å²) in [6.07, 6.45) is 9.81. The topological polar surface area (TPSA) is 93.1 Å². The molecule has 0 spiro atoms. The van der Waals surface area contributed by atoms with Crippen molar-refractivity contribution >= 4 is 11.9 Å². The molecule has 0 aromatic carbocycles. The molecule has 0 heterocycles. The fourth-order valence-corrected chi connectivity index (χ4v) is 11.7. The van der Waals surface area contributed by atoms with E-state index in [1.807, 2.05) is 6.92 Å². The first kappa shape index (κ1) is 32.7. The van der Waals surface area contributed by atoms with Crippen LogP contribution in [-0.2, 0) is 19.1 Å². The van der Waals surface area contributed by atoms with Crippen LogP contribution in [0.1, 0.15) is 121 Å². The molecule has 5 aliphatic carbocycles. The fraction of sp³-hybridized carbons (Fsp3) is 0.838. The monoisotopic (exact) mass is 598 g/mol. The van der Waals surface area contributed by atoms with Crippen molar-refractivity contribution in [3.05, 3.63) is 23.3 Å². The third-order valence-electron chi connectivity index (χ3n) is 14.4. The summed E-state index contributed by atoms with van der Waals surface area (Å²) in [7, 11) is 0. The zero-order valence-corrected chi connectivity index (χ0v) is 28.5. The Labute approximate surface area is 260 Å². The van der Waals surface area contributed by atoms with Gasteiger partial charge in [-0.1, -0.05) is 66.2 Å². The zero-order chi connectivity index (χ0) is 32.0. The number of carbonyl (C=O) groups is 2. The predicted molar refractivity (Wildman–Crippen MR) is 168 cm³/mol. The molecule has 242 valence electrons. The average molecular weight is 599 g/mol. The molecule has 43 heavy (non-hydrogen) atoms. The maximum atomic E-state index is 13.2. The Hall–Kier alpha value is -1.66. The summed E-state index contributed by atoms with van der Waals surface area (Å²) in [6.45, 7) is 21.2. The molecule has 5 rings (SSSR count). The lowest BCUT2D eigenvalue weighted by atomic mass is 9.33. The predicted octanol–water partition coefficient (Wildman–Crippen LogP) is 7.17. The Balaban J connectivity index is 1.66. The largest absolute Gasteiger partial charge is 0.462 e. The molecule has 10 atom stereocenters. The Morgan fingerprint density at radius 3 is 2.19 bits per heavy atom. The maximum Gasteiger partial charge on any atom is 0.333 e. The van der Waals surface area contributed by atoms with Gasteiger partial charge in [-0.2, -0.15) is 0 Å². The number of hydrogen-bond donors (Lipinski definition) is 2. The quantitative estimate of drug-likeness (QED) is 0.202. The lowest BCUT2D eigenvalue weighted by molar-refractivity contribution is -0.244. The van der Waals surface area contributed by atoms with Gasteiger partial charge in [-0.15, -0.1) is 0 Å². The molecule has 0 aromatic rings. The van der Waals surface area contributed by atoms with Gasteiger partial charge in [0.1, 0.15) is 12.2 Å². The minimum absolute atomic E-state index is 0.0456. The second-order valence-corrected chi connectivity index (χ2v) is 17.2. The Kier molecular flexibility index (Phi) is 7.94. The average Bonchev–Trinajstić information content (AvgIpc) is 2.90. The van der Waals surface area contributed by atoms with Crippen molar-refractivity contribution in [2.75, 3.05) is 6.61 Å². The third kappa shape index (κ3) is 4.54. The van der Waals surface area contributed by atoms with Crippen LogP contribution < -0.4 is 0 Å². The molecule has 0 aromatic heterocycles. The highest BCUT2D eigenvalue weighted by molar-refractivity contribution is 5.87. The van der Waals surface area contributed by atoms with Gasteiger partial charge in [-0.25, -0.2) is 4.79 Å². The first-order valence-corrected chi connectivity index (χ1v) is 16.8. The number of aliphatic hydroxyl groups is 2. The highest BCUT2D eigenvalue weighted by Crippen LogP contribution is 2.76. The molecule has 0 saturated heterocycles. The number of rotatable bonds is 4. The van der Waals surface area contributed by atoms with Gasteiger partial charge in [0, 0.05) is 12.5 Å². The van der Waals surface area contributed by atoms with E-state index in [1.54, 1.807) is 13.0 Å². The number of ether oxygens (including phenoxy) is 2. The van der Waals surface area contributed by atoms with Crippen LogP contribution in [0.5, 0.6) is 0 Å². The molecule has 4 saturated carbocycles. The Morgan fingerprint density at radius 2 is 1.58 bits per heavy atom. The number of allylic oxidation sites excluding steroid dienone is 3. The van der Waals surface area contributed by atoms with Crippen molar-refractivity contribution in [3.63, 3.8) is 0 Å². The van der Waals surface area contributed by atoms with Crippen molar-refractivity contribution in [3.8, 4) is 0 Å². The highest BCUT2D eigenvalue weighted by Gasteiger charge is 2.72. The number of fused-ring (bicyclic) bond motifs is 7. The first-order chi connectivity index (χ1) is 19.8. The normalized spacial score (nSPS) is 46.7. The van der Waals surface area contributed by atoms with E-state index in [9.17, 15) is 19.8 Å². The summed E-state index contributed by atoms with van der Waals surface area (Å²) < 4.78 is 12.6. The van der Waals surface area contributed by atoms with Gasteiger partial charge in [-0.3, -0.25) is 4.79 Å². The van der Waals surface area contributed by atoms with Gasteiger partial charge >= 0.3 is 11.9 Å². The minimum Gasteiger partial charge on any atom is -0.462 e. The third-order valence-corrected chi connectivity index (χ3v) is 14.4. The van der Waals surface area contributed by atoms with E-state index in [2.05, 4.69) is 54.5 Å². The Bertz CT molecular complexity index is 1210. The van der Waals surface area contributed by atoms with Crippen molar-refractivity contribution in [2.24, 2.45) is 50.2 Å². The second kappa shape index (κ2) is 10.4. The van der Waals surface area contributed by atoms with Gasteiger partial charge in [0.15, 0.2) is 0 Å². The first-order valence-electron chi connectivity index (χ1n) is 16.8. The lowest BCUT2D eigenvalue weighted by Gasteiger charge is -2.72. The van der Waals surface area contributed by atoms with E-state index in [-0.39, 0.29) is 57.6 Å². The van der Waals surface area contributed by atoms with Crippen molar-refractivity contribution in [1.82, 2.24) is 0 Å². The molecule has 0 radical (unpaired) electrons. The SMILES string of the molecule is C/C=C(/C)C(=O)OC1CC(C)(C)C[C@H]2C3=CC[C@@H]4[C@@]5(C)CCC(O)C(C)(C)[C@@H]5CC[C@@]4(C)[C@]3(C)CC(OC(C)=O)[C@@]12CO. The van der Waals surface area contributed by atoms with Crippen LogP contribution in [0.2, 0.25) is 0 Å². The molecule has 6 nitrogen and oxygen atoms in total. The van der Waals surface area contributed by atoms with Crippen LogP contribution in [0.4, 0.5) is 0 Å². The summed E-state index contributed by atoms with van der Waals surface area (Å²) in [5.74, 6) is 0.0625. The van der Waals surface area contributed by atoms with Crippen molar-refractivity contribution in [1.29, 1.82) is 0 Å². The number of hydrogen-bond acceptors (Lipinski definition) is 6. The second-order valence-electron chi connectivity index (χ2n) is 17.2. The Morgan fingerprint density at radius 1 is 0.930 bits per heavy atom. The molecular formula is C37H58O6. The van der Waals surface area contributed by atoms with Gasteiger partial charge in [0.2, 0.25) is 0 Å². The summed E-state index contributed by atoms with van der Waals surface area (Å²) in [4.78, 5) is 26.0. The molecule has 3 unspecified atom stereocenters. The van der Waals surface area contributed by atoms with E-state index < -0.39 is 17.6 Å². The van der Waals surface area contributed by atoms with E-state index >= 15 is 0 Å². The molecule has 0 bridgehead atoms. The fourth-order valence-electron chi connectivity index (χ4n) is 11.7. The summed E-state index contributed by atoms with van der Waals surface area (Å²) in [6, 6.07) is 0. The van der Waals surface area contributed by atoms with E-state index in [0.29, 0.717) is 30.3 Å². The van der Waals surface area contributed by atoms with E-state index in [1.165, 1.54) is 12.5 Å². The van der Waals surface area contributed by atoms with Crippen LogP contribution >= 0.6 is 0 Å². The van der Waals surface area contributed by atoms with E-state index in [4.69, 9.17) is 9.47 Å². The van der Waals surface area contributed by atoms with Gasteiger partial charge in [0.05, 0.1) is 18.1 Å². The molecular weight excluding hydrogens is 540 g/mol. The van der Waals surface area contributed by atoms with Crippen LogP contribution in [0.3, 0.4) is 0 Å². The summed E-state index contributed by atoms with van der Waals surface area (Å²) >= 11 is 0. The molecule has 4 fully saturated rings. The molecule has 6 heteroatoms. The van der Waals surface area contributed by atoms with Gasteiger partial charge < -0.3 is 19.7 Å². The van der Waals surface area contributed by atoms with Crippen LogP contribution in [0.25, 0.3) is 0 Å². The summed E-state index contributed by atoms with van der Waals surface area (Å²) in [5.41, 5.74) is 0.531. The molecule has 2 N–H and O–H groups in total. The van der Waals surface area contributed by atoms with Gasteiger partial charge in [0.25, 0.3) is 0 Å². The number of aliphatic hydroxyl groups excluding tert-OH is 2. The smallest absolute Gasteiger partial charge is 0.333 e. The minimum atomic E-state index is -0.905. The van der Waals surface area contributed by atoms with Crippen LogP contribution in [-0.4, -0.2) is 47.1 Å². The van der Waals surface area contributed by atoms with Crippen LogP contribution in [0, 0.1) is 50.2 Å². The van der Waals surface area contributed by atoms with Gasteiger partial charge in [-0.05, 0) is 110 Å². The molecule has 0 amide bonds. The summed E-state index contributed by atoms with van der Waals surface area (Å²) in [5, 5.41) is 22.5. The van der Waals surface area contributed by atoms with Crippen molar-refractivity contribution < 1.29 is 29.3 Å². The maximum absolute atomic E-state index is 13.2. The molecule has 5 aliphatic rings. The highest BCUT2D eigenvalue weighted by atomic mass is 16.6. The lowest BCUT2D eigenvalue weighted by Crippen LogP contribution is -2.70. The number of carbonyl (C=O) groups excluding carboxylic acids is 2. The zero-order valence-electron chi connectivity index (χ0n) is 28.5.